The second-order valence-corrected chi connectivity index (χ2v) is 5.18. The summed E-state index contributed by atoms with van der Waals surface area (Å²) in [6, 6.07) is 12.9. The lowest BCUT2D eigenvalue weighted by Crippen LogP contribution is -2.06. The third-order valence-corrected chi connectivity index (χ3v) is 3.55. The average Bonchev–Trinajstić information content (AvgIpc) is 2.59. The van der Waals surface area contributed by atoms with Crippen molar-refractivity contribution in [2.24, 2.45) is 0 Å². The van der Waals surface area contributed by atoms with E-state index in [0.717, 1.165) is 0 Å². The summed E-state index contributed by atoms with van der Waals surface area (Å²) < 4.78 is 5.54. The molecule has 0 aliphatic rings. The average molecular weight is 326 g/mol. The van der Waals surface area contributed by atoms with E-state index in [-0.39, 0.29) is 28.4 Å². The maximum atomic E-state index is 12.4. The van der Waals surface area contributed by atoms with Crippen LogP contribution in [-0.4, -0.2) is 22.0 Å². The number of hydrogen-bond donors (Lipinski definition) is 2. The molecule has 5 nitrogen and oxygen atoms in total. The molecule has 0 spiro atoms. The zero-order valence-corrected chi connectivity index (χ0v) is 13.4. The fourth-order valence-corrected chi connectivity index (χ4v) is 2.19. The maximum Gasteiger partial charge on any atom is 0.334 e. The Morgan fingerprint density at radius 1 is 1.08 bits per heavy atom. The number of benzene rings is 2. The summed E-state index contributed by atoms with van der Waals surface area (Å²) in [5, 5.41) is 19.2. The monoisotopic (exact) mass is 326 g/mol. The Balaban J connectivity index is 2.29. The number of hydrogen-bond acceptors (Lipinski definition) is 4. The Hall–Kier alpha value is -3.08. The summed E-state index contributed by atoms with van der Waals surface area (Å²) >= 11 is 0. The van der Waals surface area contributed by atoms with E-state index in [2.05, 4.69) is 0 Å². The molecule has 0 radical (unpaired) electrons. The quantitative estimate of drug-likeness (QED) is 0.479. The molecular formula is C19H18O5. The molecule has 124 valence electrons. The highest BCUT2D eigenvalue weighted by Gasteiger charge is 2.15. The van der Waals surface area contributed by atoms with Gasteiger partial charge in [0.2, 0.25) is 0 Å². The number of allylic oxidation sites excluding steroid dienone is 1. The van der Waals surface area contributed by atoms with E-state index in [4.69, 9.17) is 9.84 Å². The number of ether oxygens (including phenoxy) is 1. The fraction of sp³-hybridized carbons (Fsp3) is 0.158. The topological polar surface area (TPSA) is 83.8 Å². The zero-order valence-electron chi connectivity index (χ0n) is 13.4. The first-order valence-electron chi connectivity index (χ1n) is 7.47. The van der Waals surface area contributed by atoms with Crippen molar-refractivity contribution in [3.63, 3.8) is 0 Å². The normalized spacial score (nSPS) is 11.6. The number of rotatable bonds is 6. The predicted octanol–water partition coefficient (Wildman–Crippen LogP) is 3.77. The number of carboxylic acids is 1. The van der Waals surface area contributed by atoms with Gasteiger partial charge in [-0.3, -0.25) is 4.79 Å². The number of phenols is 1. The van der Waals surface area contributed by atoms with Crippen LogP contribution in [0, 0.1) is 0 Å². The molecule has 0 aromatic heterocycles. The highest BCUT2D eigenvalue weighted by Crippen LogP contribution is 2.28. The van der Waals surface area contributed by atoms with Crippen molar-refractivity contribution >= 4 is 11.8 Å². The molecular weight excluding hydrogens is 308 g/mol. The van der Waals surface area contributed by atoms with Crippen molar-refractivity contribution in [1.29, 1.82) is 0 Å². The summed E-state index contributed by atoms with van der Waals surface area (Å²) in [4.78, 5) is 23.4. The van der Waals surface area contributed by atoms with Gasteiger partial charge in [-0.15, -0.1) is 0 Å². The summed E-state index contributed by atoms with van der Waals surface area (Å²) in [6.07, 6.45) is 0.392. The molecule has 0 atom stereocenters. The standard InChI is InChI=1S/C19H18O5/c1-3-17(12(2)19(22)23)24-14-9-10-15(16(20)11-14)18(21)13-7-5-4-6-8-13/h4-11,20H,3H2,1-2H3,(H,22,23)/b17-12+. The van der Waals surface area contributed by atoms with Crippen molar-refractivity contribution in [2.45, 2.75) is 20.3 Å². The van der Waals surface area contributed by atoms with E-state index in [9.17, 15) is 14.7 Å². The molecule has 2 aromatic carbocycles. The van der Waals surface area contributed by atoms with Crippen LogP contribution < -0.4 is 4.74 Å². The zero-order chi connectivity index (χ0) is 17.7. The molecule has 0 saturated carbocycles. The molecule has 0 amide bonds. The van der Waals surface area contributed by atoms with E-state index in [1.54, 1.807) is 37.3 Å². The molecule has 2 rings (SSSR count). The molecule has 0 bridgehead atoms. The molecule has 0 saturated heterocycles. The van der Waals surface area contributed by atoms with Gasteiger partial charge >= 0.3 is 5.97 Å². The Morgan fingerprint density at radius 2 is 1.75 bits per heavy atom. The Labute approximate surface area is 139 Å². The van der Waals surface area contributed by atoms with Crippen LogP contribution in [0.3, 0.4) is 0 Å². The van der Waals surface area contributed by atoms with Gasteiger partial charge in [-0.1, -0.05) is 37.3 Å². The smallest absolute Gasteiger partial charge is 0.334 e. The van der Waals surface area contributed by atoms with Crippen molar-refractivity contribution in [3.8, 4) is 11.5 Å². The van der Waals surface area contributed by atoms with Crippen LogP contribution in [-0.2, 0) is 4.79 Å². The molecule has 0 heterocycles. The van der Waals surface area contributed by atoms with E-state index in [1.165, 1.54) is 25.1 Å². The molecule has 24 heavy (non-hydrogen) atoms. The van der Waals surface area contributed by atoms with Crippen LogP contribution in [0.4, 0.5) is 0 Å². The van der Waals surface area contributed by atoms with E-state index in [0.29, 0.717) is 17.7 Å². The van der Waals surface area contributed by atoms with Gasteiger partial charge in [0.1, 0.15) is 17.3 Å². The predicted molar refractivity (Wildman–Crippen MR) is 89.2 cm³/mol. The highest BCUT2D eigenvalue weighted by molar-refractivity contribution is 6.10. The first kappa shape index (κ1) is 17.3. The Morgan fingerprint density at radius 3 is 2.29 bits per heavy atom. The molecule has 0 unspecified atom stereocenters. The molecule has 2 aromatic rings. The van der Waals surface area contributed by atoms with Crippen molar-refractivity contribution in [2.75, 3.05) is 0 Å². The lowest BCUT2D eigenvalue weighted by molar-refractivity contribution is -0.132. The minimum atomic E-state index is -1.06. The lowest BCUT2D eigenvalue weighted by atomic mass is 10.0. The van der Waals surface area contributed by atoms with Crippen molar-refractivity contribution < 1.29 is 24.5 Å². The first-order valence-corrected chi connectivity index (χ1v) is 7.47. The van der Waals surface area contributed by atoms with E-state index < -0.39 is 5.97 Å². The third-order valence-electron chi connectivity index (χ3n) is 3.55. The Bertz CT molecular complexity index is 791. The molecule has 0 aliphatic carbocycles. The van der Waals surface area contributed by atoms with Crippen molar-refractivity contribution in [3.05, 3.63) is 71.0 Å². The van der Waals surface area contributed by atoms with Crippen LogP contribution in [0.2, 0.25) is 0 Å². The third kappa shape index (κ3) is 3.81. The number of ketones is 1. The van der Waals surface area contributed by atoms with Gasteiger partial charge in [0.05, 0.1) is 11.1 Å². The van der Waals surface area contributed by atoms with Crippen LogP contribution in [0.25, 0.3) is 0 Å². The summed E-state index contributed by atoms with van der Waals surface area (Å²) in [6.45, 7) is 3.23. The summed E-state index contributed by atoms with van der Waals surface area (Å²) in [5.41, 5.74) is 0.726. The second-order valence-electron chi connectivity index (χ2n) is 5.18. The first-order chi connectivity index (χ1) is 11.4. The highest BCUT2D eigenvalue weighted by atomic mass is 16.5. The van der Waals surface area contributed by atoms with Gasteiger partial charge in [0, 0.05) is 18.1 Å². The number of carbonyl (C=O) groups excluding carboxylic acids is 1. The van der Waals surface area contributed by atoms with Gasteiger partial charge in [-0.05, 0) is 19.1 Å². The summed E-state index contributed by atoms with van der Waals surface area (Å²) in [5.74, 6) is -1.01. The van der Waals surface area contributed by atoms with E-state index >= 15 is 0 Å². The van der Waals surface area contributed by atoms with E-state index in [1.807, 2.05) is 0 Å². The molecule has 5 heteroatoms. The van der Waals surface area contributed by atoms with Gasteiger partial charge < -0.3 is 14.9 Å². The minimum Gasteiger partial charge on any atom is -0.507 e. The number of carbonyl (C=O) groups is 2. The lowest BCUT2D eigenvalue weighted by Gasteiger charge is -2.12. The van der Waals surface area contributed by atoms with Crippen molar-refractivity contribution in [1.82, 2.24) is 0 Å². The maximum absolute atomic E-state index is 12.4. The van der Waals surface area contributed by atoms with Gasteiger partial charge in [0.25, 0.3) is 0 Å². The largest absolute Gasteiger partial charge is 0.507 e. The van der Waals surface area contributed by atoms with Gasteiger partial charge in [-0.2, -0.15) is 0 Å². The molecule has 0 fully saturated rings. The van der Waals surface area contributed by atoms with Crippen LogP contribution in [0.15, 0.2) is 59.9 Å². The van der Waals surface area contributed by atoms with Gasteiger partial charge in [0.15, 0.2) is 5.78 Å². The molecule has 2 N–H and O–H groups in total. The number of aliphatic carboxylic acids is 1. The number of aromatic hydroxyl groups is 1. The van der Waals surface area contributed by atoms with Gasteiger partial charge in [-0.25, -0.2) is 4.79 Å². The fourth-order valence-electron chi connectivity index (χ4n) is 2.19. The number of phenolic OH excluding ortho intramolecular Hbond substituents is 1. The Kier molecular flexibility index (Phi) is 5.37. The second kappa shape index (κ2) is 7.46. The SMILES string of the molecule is CC/C(Oc1ccc(C(=O)c2ccccc2)c(O)c1)=C(/C)C(=O)O. The van der Waals surface area contributed by atoms with Crippen LogP contribution in [0.5, 0.6) is 11.5 Å². The summed E-state index contributed by atoms with van der Waals surface area (Å²) in [7, 11) is 0. The number of carboxylic acid groups (broad SMARTS) is 1. The van der Waals surface area contributed by atoms with Crippen LogP contribution in [0.1, 0.15) is 36.2 Å². The van der Waals surface area contributed by atoms with Crippen LogP contribution >= 0.6 is 0 Å². The minimum absolute atomic E-state index is 0.0985. The molecule has 0 aliphatic heterocycles.